The molecular weight excluding hydrogens is 244 g/mol. The molecule has 0 fully saturated rings. The molecule has 0 aliphatic carbocycles. The number of ketones is 1. The normalized spacial score (nSPS) is 10.4. The lowest BCUT2D eigenvalue weighted by molar-refractivity contribution is 0.0992. The highest BCUT2D eigenvalue weighted by molar-refractivity contribution is 6.31. The molecule has 1 nitrogen and oxygen atoms in total. The van der Waals surface area contributed by atoms with Gasteiger partial charge in [0, 0.05) is 17.0 Å². The van der Waals surface area contributed by atoms with E-state index in [-0.39, 0.29) is 5.78 Å². The number of hydrogen-bond donors (Lipinski definition) is 0. The predicted molar refractivity (Wildman–Crippen MR) is 75.4 cm³/mol. The molecule has 0 radical (unpaired) electrons. The van der Waals surface area contributed by atoms with E-state index >= 15 is 0 Å². The number of benzene rings is 2. The molecule has 0 spiro atoms. The monoisotopic (exact) mass is 258 g/mol. The highest BCUT2D eigenvalue weighted by atomic mass is 35.5. The smallest absolute Gasteiger partial charge is 0.167 e. The van der Waals surface area contributed by atoms with Crippen molar-refractivity contribution in [1.29, 1.82) is 0 Å². The van der Waals surface area contributed by atoms with Crippen molar-refractivity contribution in [2.45, 2.75) is 20.3 Å². The lowest BCUT2D eigenvalue weighted by Gasteiger charge is -2.06. The number of rotatable bonds is 3. The Morgan fingerprint density at radius 2 is 1.83 bits per heavy atom. The van der Waals surface area contributed by atoms with Gasteiger partial charge in [0.25, 0.3) is 0 Å². The molecule has 18 heavy (non-hydrogen) atoms. The van der Waals surface area contributed by atoms with Crippen molar-refractivity contribution in [2.24, 2.45) is 0 Å². The molecule has 0 aliphatic rings. The summed E-state index contributed by atoms with van der Waals surface area (Å²) in [6.07, 6.45) is 0.423. The van der Waals surface area contributed by atoms with Gasteiger partial charge in [0.15, 0.2) is 5.78 Å². The number of hydrogen-bond acceptors (Lipinski definition) is 1. The molecule has 0 aromatic heterocycles. The van der Waals surface area contributed by atoms with Crippen LogP contribution in [0.1, 0.15) is 27.0 Å². The summed E-state index contributed by atoms with van der Waals surface area (Å²) in [5, 5.41) is 0.614. The molecule has 2 rings (SSSR count). The Hall–Kier alpha value is -1.60. The summed E-state index contributed by atoms with van der Waals surface area (Å²) >= 11 is 5.98. The lowest BCUT2D eigenvalue weighted by atomic mass is 9.99. The van der Waals surface area contributed by atoms with Crippen LogP contribution < -0.4 is 0 Å². The average Bonchev–Trinajstić information content (AvgIpc) is 2.31. The van der Waals surface area contributed by atoms with E-state index in [2.05, 4.69) is 0 Å². The molecule has 2 aromatic rings. The Balaban J connectivity index is 2.25. The van der Waals surface area contributed by atoms with Crippen molar-refractivity contribution in [3.05, 3.63) is 69.7 Å². The van der Waals surface area contributed by atoms with Gasteiger partial charge >= 0.3 is 0 Å². The quantitative estimate of drug-likeness (QED) is 0.747. The Morgan fingerprint density at radius 3 is 2.50 bits per heavy atom. The molecule has 0 unspecified atom stereocenters. The minimum absolute atomic E-state index is 0.106. The van der Waals surface area contributed by atoms with Crippen LogP contribution in [0.5, 0.6) is 0 Å². The van der Waals surface area contributed by atoms with Gasteiger partial charge in [0.05, 0.1) is 0 Å². The zero-order valence-electron chi connectivity index (χ0n) is 10.5. The van der Waals surface area contributed by atoms with Gasteiger partial charge in [0.1, 0.15) is 0 Å². The molecule has 0 amide bonds. The van der Waals surface area contributed by atoms with Crippen LogP contribution in [0.3, 0.4) is 0 Å². The molecule has 0 N–H and O–H groups in total. The summed E-state index contributed by atoms with van der Waals surface area (Å²) < 4.78 is 0. The predicted octanol–water partition coefficient (Wildman–Crippen LogP) is 4.38. The van der Waals surface area contributed by atoms with Gasteiger partial charge < -0.3 is 0 Å². The van der Waals surface area contributed by atoms with Crippen molar-refractivity contribution in [3.8, 4) is 0 Å². The average molecular weight is 259 g/mol. The number of aryl methyl sites for hydroxylation is 2. The molecular formula is C16H15ClO. The minimum atomic E-state index is 0.106. The third-order valence-electron chi connectivity index (χ3n) is 2.98. The number of carbonyl (C=O) groups excluding carboxylic acids is 1. The van der Waals surface area contributed by atoms with Gasteiger partial charge in [-0.15, -0.1) is 0 Å². The summed E-state index contributed by atoms with van der Waals surface area (Å²) in [6, 6.07) is 13.4. The van der Waals surface area contributed by atoms with Crippen LogP contribution in [0, 0.1) is 13.8 Å². The van der Waals surface area contributed by atoms with Crippen molar-refractivity contribution in [2.75, 3.05) is 0 Å². The second-order valence-corrected chi connectivity index (χ2v) is 4.98. The van der Waals surface area contributed by atoms with Crippen molar-refractivity contribution in [3.63, 3.8) is 0 Å². The SMILES string of the molecule is Cc1cc(Cl)cc(C(=O)Cc2ccccc2C)c1. The van der Waals surface area contributed by atoms with E-state index in [1.54, 1.807) is 6.07 Å². The summed E-state index contributed by atoms with van der Waals surface area (Å²) in [5.41, 5.74) is 3.91. The van der Waals surface area contributed by atoms with E-state index in [4.69, 9.17) is 11.6 Å². The highest BCUT2D eigenvalue weighted by Crippen LogP contribution is 2.17. The maximum atomic E-state index is 12.2. The topological polar surface area (TPSA) is 17.1 Å². The van der Waals surface area contributed by atoms with Crippen LogP contribution in [0.4, 0.5) is 0 Å². The number of halogens is 1. The van der Waals surface area contributed by atoms with E-state index in [0.717, 1.165) is 16.7 Å². The first-order valence-electron chi connectivity index (χ1n) is 5.91. The van der Waals surface area contributed by atoms with Crippen LogP contribution in [-0.2, 0) is 6.42 Å². The van der Waals surface area contributed by atoms with E-state index in [1.807, 2.05) is 50.2 Å². The number of Topliss-reactive ketones (excluding diaryl/α,β-unsaturated/α-hetero) is 1. The third kappa shape index (κ3) is 2.99. The Labute approximate surface area is 112 Å². The summed E-state index contributed by atoms with van der Waals surface area (Å²) in [7, 11) is 0. The van der Waals surface area contributed by atoms with Crippen LogP contribution >= 0.6 is 11.6 Å². The Kier molecular flexibility index (Phi) is 3.83. The molecule has 2 heteroatoms. The fraction of sp³-hybridized carbons (Fsp3) is 0.188. The van der Waals surface area contributed by atoms with E-state index in [9.17, 15) is 4.79 Å². The minimum Gasteiger partial charge on any atom is -0.294 e. The largest absolute Gasteiger partial charge is 0.294 e. The Bertz CT molecular complexity index is 567. The lowest BCUT2D eigenvalue weighted by Crippen LogP contribution is -2.05. The van der Waals surface area contributed by atoms with Gasteiger partial charge in [-0.2, -0.15) is 0 Å². The van der Waals surface area contributed by atoms with Crippen LogP contribution in [0.2, 0.25) is 5.02 Å². The van der Waals surface area contributed by atoms with Crippen LogP contribution in [0.15, 0.2) is 42.5 Å². The number of carbonyl (C=O) groups is 1. The van der Waals surface area contributed by atoms with Gasteiger partial charge in [0.2, 0.25) is 0 Å². The summed E-state index contributed by atoms with van der Waals surface area (Å²) in [4.78, 5) is 12.2. The van der Waals surface area contributed by atoms with Gasteiger partial charge in [-0.1, -0.05) is 35.9 Å². The molecule has 2 aromatic carbocycles. The molecule has 0 saturated heterocycles. The standard InChI is InChI=1S/C16H15ClO/c1-11-7-14(9-15(17)8-11)16(18)10-13-6-4-3-5-12(13)2/h3-9H,10H2,1-2H3. The maximum absolute atomic E-state index is 12.2. The second-order valence-electron chi connectivity index (χ2n) is 4.54. The first-order valence-corrected chi connectivity index (χ1v) is 6.29. The molecule has 0 saturated carbocycles. The zero-order valence-corrected chi connectivity index (χ0v) is 11.3. The van der Waals surface area contributed by atoms with Crippen molar-refractivity contribution >= 4 is 17.4 Å². The Morgan fingerprint density at radius 1 is 1.11 bits per heavy atom. The second kappa shape index (κ2) is 5.36. The van der Waals surface area contributed by atoms with Gasteiger partial charge in [-0.3, -0.25) is 4.79 Å². The van der Waals surface area contributed by atoms with Crippen molar-refractivity contribution in [1.82, 2.24) is 0 Å². The summed E-state index contributed by atoms with van der Waals surface area (Å²) in [5.74, 6) is 0.106. The fourth-order valence-corrected chi connectivity index (χ4v) is 2.27. The van der Waals surface area contributed by atoms with E-state index in [0.29, 0.717) is 17.0 Å². The zero-order chi connectivity index (χ0) is 13.1. The van der Waals surface area contributed by atoms with E-state index < -0.39 is 0 Å². The molecule has 92 valence electrons. The first kappa shape index (κ1) is 12.8. The van der Waals surface area contributed by atoms with Gasteiger partial charge in [-0.05, 0) is 48.7 Å². The molecule has 0 atom stereocenters. The first-order chi connectivity index (χ1) is 8.56. The fourth-order valence-electron chi connectivity index (χ4n) is 1.98. The van der Waals surface area contributed by atoms with Crippen molar-refractivity contribution < 1.29 is 4.79 Å². The highest BCUT2D eigenvalue weighted by Gasteiger charge is 2.09. The summed E-state index contributed by atoms with van der Waals surface area (Å²) in [6.45, 7) is 3.96. The van der Waals surface area contributed by atoms with Gasteiger partial charge in [-0.25, -0.2) is 0 Å². The van der Waals surface area contributed by atoms with Crippen LogP contribution in [-0.4, -0.2) is 5.78 Å². The maximum Gasteiger partial charge on any atom is 0.167 e. The van der Waals surface area contributed by atoms with Crippen LogP contribution in [0.25, 0.3) is 0 Å². The molecule has 0 bridgehead atoms. The third-order valence-corrected chi connectivity index (χ3v) is 3.19. The van der Waals surface area contributed by atoms with E-state index in [1.165, 1.54) is 0 Å². The molecule has 0 aliphatic heterocycles. The molecule has 0 heterocycles.